The molecule has 0 atom stereocenters. The molecule has 5 rings (SSSR count). The molecule has 1 aliphatic carbocycles. The third kappa shape index (κ3) is 2.72. The van der Waals surface area contributed by atoms with Crippen LogP contribution in [0.5, 0.6) is 0 Å². The number of benzene rings is 1. The molecule has 4 aromatic rings. The van der Waals surface area contributed by atoms with Gasteiger partial charge in [0.25, 0.3) is 0 Å². The minimum absolute atomic E-state index is 0.180. The summed E-state index contributed by atoms with van der Waals surface area (Å²) in [5.41, 5.74) is 2.81. The van der Waals surface area contributed by atoms with Gasteiger partial charge in [0.1, 0.15) is 5.69 Å². The molecule has 0 fully saturated rings. The smallest absolute Gasteiger partial charge is 0.255 e. The van der Waals surface area contributed by atoms with Gasteiger partial charge in [0, 0.05) is 22.7 Å². The Balaban J connectivity index is 1.69. The van der Waals surface area contributed by atoms with Gasteiger partial charge in [0.05, 0.1) is 11.4 Å². The highest BCUT2D eigenvalue weighted by molar-refractivity contribution is 7.12. The van der Waals surface area contributed by atoms with Crippen LogP contribution in [0.15, 0.2) is 54.0 Å². The highest BCUT2D eigenvalue weighted by atomic mass is 32.1. The Morgan fingerprint density at radius 1 is 0.964 bits per heavy atom. The summed E-state index contributed by atoms with van der Waals surface area (Å²) in [5.74, 6) is 0. The van der Waals surface area contributed by atoms with Crippen LogP contribution in [-0.2, 0) is 19.0 Å². The van der Waals surface area contributed by atoms with Crippen LogP contribution in [0, 0.1) is 0 Å². The number of rotatable bonds is 2. The van der Waals surface area contributed by atoms with Crippen LogP contribution in [0.25, 0.3) is 27.8 Å². The van der Waals surface area contributed by atoms with E-state index in [1.807, 2.05) is 30.3 Å². The molecule has 3 heterocycles. The van der Waals surface area contributed by atoms with E-state index in [2.05, 4.69) is 15.1 Å². The van der Waals surface area contributed by atoms with E-state index in [1.54, 1.807) is 23.7 Å². The topological polar surface area (TPSA) is 43.6 Å². The Hall–Kier alpha value is -3.00. The first kappa shape index (κ1) is 17.1. The average molecular weight is 398 g/mol. The second-order valence-corrected chi connectivity index (χ2v) is 7.31. The number of aryl methyl sites for hydroxylation is 1. The average Bonchev–Trinajstić information content (AvgIpc) is 3.33. The van der Waals surface area contributed by atoms with Crippen LogP contribution >= 0.6 is 11.3 Å². The van der Waals surface area contributed by atoms with E-state index in [0.29, 0.717) is 29.9 Å². The van der Waals surface area contributed by atoms with Crippen molar-refractivity contribution in [3.8, 4) is 27.8 Å². The maximum absolute atomic E-state index is 14.0. The number of fused-ring (bicyclic) bond motifs is 3. The number of halogens is 3. The van der Waals surface area contributed by atoms with Gasteiger partial charge in [0.2, 0.25) is 5.13 Å². The van der Waals surface area contributed by atoms with Gasteiger partial charge in [-0.3, -0.25) is 4.98 Å². The molecule has 0 spiro atoms. The van der Waals surface area contributed by atoms with E-state index >= 15 is 0 Å². The molecule has 0 N–H and O–H groups in total. The van der Waals surface area contributed by atoms with Crippen molar-refractivity contribution in [1.82, 2.24) is 19.7 Å². The molecule has 28 heavy (non-hydrogen) atoms. The summed E-state index contributed by atoms with van der Waals surface area (Å²) < 4.78 is 42.8. The summed E-state index contributed by atoms with van der Waals surface area (Å²) in [6.07, 6.45) is -2.03. The maximum Gasteiger partial charge on any atom is 0.433 e. The molecule has 0 amide bonds. The van der Waals surface area contributed by atoms with E-state index in [-0.39, 0.29) is 10.7 Å². The van der Waals surface area contributed by atoms with Gasteiger partial charge in [-0.1, -0.05) is 30.3 Å². The number of hydrogen-bond acceptors (Lipinski definition) is 4. The first-order valence-electron chi connectivity index (χ1n) is 8.67. The fourth-order valence-corrected chi connectivity index (χ4v) is 4.33. The third-order valence-corrected chi connectivity index (χ3v) is 5.59. The van der Waals surface area contributed by atoms with Gasteiger partial charge >= 0.3 is 6.18 Å². The number of nitrogens with zero attached hydrogens (tertiary/aromatic N) is 4. The second kappa shape index (κ2) is 6.27. The van der Waals surface area contributed by atoms with Crippen molar-refractivity contribution in [3.63, 3.8) is 0 Å². The fourth-order valence-electron chi connectivity index (χ4n) is 3.56. The van der Waals surface area contributed by atoms with Crippen LogP contribution in [-0.4, -0.2) is 19.7 Å². The maximum atomic E-state index is 14.0. The number of thiazole rings is 1. The Bertz CT molecular complexity index is 1160. The van der Waals surface area contributed by atoms with Crippen molar-refractivity contribution in [2.75, 3.05) is 0 Å². The Morgan fingerprint density at radius 2 is 1.79 bits per heavy atom. The number of aromatic nitrogens is 4. The van der Waals surface area contributed by atoms with Crippen molar-refractivity contribution < 1.29 is 13.2 Å². The van der Waals surface area contributed by atoms with Gasteiger partial charge < -0.3 is 0 Å². The summed E-state index contributed by atoms with van der Waals surface area (Å²) in [7, 11) is 0. The molecule has 0 saturated heterocycles. The molecular weight excluding hydrogens is 385 g/mol. The third-order valence-electron chi connectivity index (χ3n) is 4.77. The van der Waals surface area contributed by atoms with Crippen molar-refractivity contribution in [1.29, 1.82) is 0 Å². The van der Waals surface area contributed by atoms with Crippen LogP contribution in [0.3, 0.4) is 0 Å². The molecule has 4 nitrogen and oxygen atoms in total. The molecule has 0 aliphatic heterocycles. The Morgan fingerprint density at radius 3 is 2.57 bits per heavy atom. The van der Waals surface area contributed by atoms with E-state index in [0.717, 1.165) is 27.1 Å². The van der Waals surface area contributed by atoms with Gasteiger partial charge in [-0.05, 0) is 30.5 Å². The minimum atomic E-state index is -4.52. The predicted octanol–water partition coefficient (Wildman–Crippen LogP) is 5.18. The SMILES string of the molecule is FC(F)(F)c1c2c(nn1-c1nc(-c3ccccn3)cs1)-c1ccccc1CC2. The van der Waals surface area contributed by atoms with E-state index in [1.165, 1.54) is 0 Å². The molecule has 1 aromatic carbocycles. The van der Waals surface area contributed by atoms with E-state index < -0.39 is 11.9 Å². The molecule has 0 saturated carbocycles. The fraction of sp³-hybridized carbons (Fsp3) is 0.150. The normalized spacial score (nSPS) is 13.2. The summed E-state index contributed by atoms with van der Waals surface area (Å²) in [6.45, 7) is 0. The van der Waals surface area contributed by atoms with Crippen molar-refractivity contribution >= 4 is 11.3 Å². The van der Waals surface area contributed by atoms with Crippen molar-refractivity contribution in [2.45, 2.75) is 19.0 Å². The summed E-state index contributed by atoms with van der Waals surface area (Å²) in [4.78, 5) is 8.60. The van der Waals surface area contributed by atoms with Gasteiger partial charge in [-0.2, -0.15) is 18.3 Å². The van der Waals surface area contributed by atoms with Crippen molar-refractivity contribution in [3.05, 3.63) is 70.9 Å². The lowest BCUT2D eigenvalue weighted by Crippen LogP contribution is -2.16. The molecule has 0 radical (unpaired) electrons. The lowest BCUT2D eigenvalue weighted by Gasteiger charge is -2.16. The highest BCUT2D eigenvalue weighted by Gasteiger charge is 2.42. The lowest BCUT2D eigenvalue weighted by molar-refractivity contribution is -0.143. The first-order valence-corrected chi connectivity index (χ1v) is 9.55. The molecule has 140 valence electrons. The van der Waals surface area contributed by atoms with Crippen molar-refractivity contribution in [2.24, 2.45) is 0 Å². The Labute approximate surface area is 162 Å². The first-order chi connectivity index (χ1) is 13.5. The summed E-state index contributed by atoms with van der Waals surface area (Å²) in [6, 6.07) is 12.8. The van der Waals surface area contributed by atoms with Gasteiger partial charge in [-0.25, -0.2) is 9.67 Å². The van der Waals surface area contributed by atoms with Crippen LogP contribution in [0.4, 0.5) is 13.2 Å². The Kier molecular flexibility index (Phi) is 3.83. The zero-order valence-electron chi connectivity index (χ0n) is 14.4. The van der Waals surface area contributed by atoms with Gasteiger partial charge in [-0.15, -0.1) is 11.3 Å². The quantitative estimate of drug-likeness (QED) is 0.468. The molecule has 8 heteroatoms. The van der Waals surface area contributed by atoms with E-state index in [4.69, 9.17) is 0 Å². The molecule has 0 unspecified atom stereocenters. The lowest BCUT2D eigenvalue weighted by atomic mass is 9.89. The monoisotopic (exact) mass is 398 g/mol. The molecular formula is C20H13F3N4S. The summed E-state index contributed by atoms with van der Waals surface area (Å²) in [5, 5.41) is 6.24. The van der Waals surface area contributed by atoms with Crippen LogP contribution in [0.2, 0.25) is 0 Å². The standard InChI is InChI=1S/C20H13F3N4S/c21-20(22,23)18-14-9-8-12-5-1-2-6-13(12)17(14)26-27(18)19-25-16(11-28-19)15-7-3-4-10-24-15/h1-7,10-11H,8-9H2. The minimum Gasteiger partial charge on any atom is -0.255 e. The zero-order chi connectivity index (χ0) is 19.3. The predicted molar refractivity (Wildman–Crippen MR) is 100 cm³/mol. The highest BCUT2D eigenvalue weighted by Crippen LogP contribution is 2.42. The molecule has 3 aromatic heterocycles. The number of hydrogen-bond donors (Lipinski definition) is 0. The number of alkyl halides is 3. The number of pyridine rings is 1. The largest absolute Gasteiger partial charge is 0.433 e. The van der Waals surface area contributed by atoms with E-state index in [9.17, 15) is 13.2 Å². The molecule has 0 bridgehead atoms. The molecule has 1 aliphatic rings. The van der Waals surface area contributed by atoms with Gasteiger partial charge in [0.15, 0.2) is 5.69 Å². The second-order valence-electron chi connectivity index (χ2n) is 6.47. The zero-order valence-corrected chi connectivity index (χ0v) is 15.3. The summed E-state index contributed by atoms with van der Waals surface area (Å²) >= 11 is 1.12. The van der Waals surface area contributed by atoms with Crippen LogP contribution in [0.1, 0.15) is 16.8 Å². The van der Waals surface area contributed by atoms with Crippen LogP contribution < -0.4 is 0 Å².